The second kappa shape index (κ2) is 4.61. The Morgan fingerprint density at radius 2 is 2.33 bits per heavy atom. The minimum atomic E-state index is -0.225. The van der Waals surface area contributed by atoms with Gasteiger partial charge in [-0.25, -0.2) is 0 Å². The summed E-state index contributed by atoms with van der Waals surface area (Å²) in [6.07, 6.45) is 2.50. The predicted octanol–water partition coefficient (Wildman–Crippen LogP) is 1.33. The molecule has 2 aliphatic rings. The zero-order valence-corrected chi connectivity index (χ0v) is 10.4. The maximum atomic E-state index is 12.3. The summed E-state index contributed by atoms with van der Waals surface area (Å²) in [7, 11) is 0. The summed E-state index contributed by atoms with van der Waals surface area (Å²) < 4.78 is 5.46. The molecule has 0 saturated carbocycles. The predicted molar refractivity (Wildman–Crippen MR) is 68.9 cm³/mol. The molecule has 96 valence electrons. The number of nitrogens with two attached hydrogens (primary N) is 1. The Balaban J connectivity index is 1.78. The summed E-state index contributed by atoms with van der Waals surface area (Å²) in [6.45, 7) is 2.11. The van der Waals surface area contributed by atoms with Crippen molar-refractivity contribution in [3.8, 4) is 0 Å². The quantitative estimate of drug-likeness (QED) is 0.761. The Morgan fingerprint density at radius 3 is 3.11 bits per heavy atom. The number of ether oxygens (including phenoxy) is 1. The van der Waals surface area contributed by atoms with Gasteiger partial charge in [-0.2, -0.15) is 0 Å². The molecular formula is C14H18N2O2. The number of fused-ring (bicyclic) bond motifs is 1. The van der Waals surface area contributed by atoms with Gasteiger partial charge in [-0.15, -0.1) is 0 Å². The number of hydrogen-bond donors (Lipinski definition) is 1. The van der Waals surface area contributed by atoms with Crippen molar-refractivity contribution in [1.82, 2.24) is 4.90 Å². The van der Waals surface area contributed by atoms with Gasteiger partial charge in [0.2, 0.25) is 0 Å². The number of nitrogens with zero attached hydrogens (tertiary/aromatic N) is 1. The number of amides is 1. The van der Waals surface area contributed by atoms with E-state index in [2.05, 4.69) is 6.07 Å². The smallest absolute Gasteiger partial charge is 0.252 e. The molecule has 0 unspecified atom stereocenters. The van der Waals surface area contributed by atoms with Gasteiger partial charge in [0.15, 0.2) is 0 Å². The van der Waals surface area contributed by atoms with E-state index in [0.29, 0.717) is 13.2 Å². The maximum absolute atomic E-state index is 12.3. The van der Waals surface area contributed by atoms with E-state index in [4.69, 9.17) is 10.5 Å². The Labute approximate surface area is 107 Å². The molecular weight excluding hydrogens is 228 g/mol. The Kier molecular flexibility index (Phi) is 2.96. The molecule has 2 heterocycles. The molecule has 0 spiro atoms. The Hall–Kier alpha value is -1.55. The highest BCUT2D eigenvalue weighted by atomic mass is 16.5. The fraction of sp³-hybridized carbons (Fsp3) is 0.500. The summed E-state index contributed by atoms with van der Waals surface area (Å²) in [5, 5.41) is 0. The average molecular weight is 246 g/mol. The van der Waals surface area contributed by atoms with Crippen LogP contribution in [0.3, 0.4) is 0 Å². The Morgan fingerprint density at radius 1 is 1.44 bits per heavy atom. The summed E-state index contributed by atoms with van der Waals surface area (Å²) in [4.78, 5) is 14.2. The molecule has 0 aromatic heterocycles. The minimum Gasteiger partial charge on any atom is -0.398 e. The van der Waals surface area contributed by atoms with Crippen LogP contribution in [0.15, 0.2) is 18.2 Å². The lowest BCUT2D eigenvalue weighted by molar-refractivity contribution is -0.141. The van der Waals surface area contributed by atoms with E-state index in [1.807, 2.05) is 17.0 Å². The lowest BCUT2D eigenvalue weighted by Gasteiger charge is -2.31. The number of hydrogen-bond acceptors (Lipinski definition) is 3. The number of carbonyl (C=O) groups is 1. The summed E-state index contributed by atoms with van der Waals surface area (Å²) in [5.74, 6) is 0.126. The van der Waals surface area contributed by atoms with Crippen molar-refractivity contribution in [2.75, 3.05) is 18.9 Å². The third-order valence-corrected chi connectivity index (χ3v) is 3.83. The molecule has 0 aliphatic carbocycles. The number of carbonyl (C=O) groups excluding carboxylic acids is 1. The normalized spacial score (nSPS) is 22.9. The average Bonchev–Trinajstić information content (AvgIpc) is 2.92. The van der Waals surface area contributed by atoms with Gasteiger partial charge < -0.3 is 15.4 Å². The van der Waals surface area contributed by atoms with Crippen LogP contribution in [0, 0.1) is 0 Å². The van der Waals surface area contributed by atoms with Crippen LogP contribution in [-0.4, -0.2) is 30.1 Å². The van der Waals surface area contributed by atoms with E-state index in [1.165, 1.54) is 5.56 Å². The van der Waals surface area contributed by atoms with Crippen LogP contribution >= 0.6 is 0 Å². The first-order valence-corrected chi connectivity index (χ1v) is 6.52. The summed E-state index contributed by atoms with van der Waals surface area (Å²) >= 11 is 0. The molecule has 1 atom stereocenters. The third-order valence-electron chi connectivity index (χ3n) is 3.83. The summed E-state index contributed by atoms with van der Waals surface area (Å²) in [6, 6.07) is 5.98. The van der Waals surface area contributed by atoms with Gasteiger partial charge in [0, 0.05) is 25.4 Å². The van der Waals surface area contributed by atoms with Crippen molar-refractivity contribution in [2.45, 2.75) is 31.9 Å². The van der Waals surface area contributed by atoms with E-state index in [9.17, 15) is 4.79 Å². The number of anilines is 1. The molecule has 1 saturated heterocycles. The SMILES string of the molecule is Nc1cccc2c1CN(C(=O)[C@@H]1CCCO1)CC2. The van der Waals surface area contributed by atoms with Gasteiger partial charge in [-0.1, -0.05) is 12.1 Å². The topological polar surface area (TPSA) is 55.6 Å². The third kappa shape index (κ3) is 1.97. The molecule has 0 bridgehead atoms. The van der Waals surface area contributed by atoms with Crippen LogP contribution in [0.5, 0.6) is 0 Å². The molecule has 1 amide bonds. The molecule has 2 aliphatic heterocycles. The van der Waals surface area contributed by atoms with Crippen LogP contribution in [0.25, 0.3) is 0 Å². The molecule has 0 radical (unpaired) electrons. The standard InChI is InChI=1S/C14H18N2O2/c15-12-4-1-3-10-6-7-16(9-11(10)12)14(17)13-5-2-8-18-13/h1,3-4,13H,2,5-9,15H2/t13-/m0/s1. The number of nitrogen functional groups attached to an aromatic ring is 1. The highest BCUT2D eigenvalue weighted by Gasteiger charge is 2.30. The molecule has 4 nitrogen and oxygen atoms in total. The minimum absolute atomic E-state index is 0.126. The lowest BCUT2D eigenvalue weighted by Crippen LogP contribution is -2.42. The second-order valence-electron chi connectivity index (χ2n) is 5.00. The van der Waals surface area contributed by atoms with E-state index in [0.717, 1.165) is 37.1 Å². The van der Waals surface area contributed by atoms with Crippen LogP contribution in [-0.2, 0) is 22.5 Å². The highest BCUT2D eigenvalue weighted by Crippen LogP contribution is 2.26. The zero-order valence-electron chi connectivity index (χ0n) is 10.4. The lowest BCUT2D eigenvalue weighted by atomic mass is 9.97. The number of rotatable bonds is 1. The second-order valence-corrected chi connectivity index (χ2v) is 5.00. The largest absolute Gasteiger partial charge is 0.398 e. The van der Waals surface area contributed by atoms with Crippen molar-refractivity contribution in [2.24, 2.45) is 0 Å². The van der Waals surface area contributed by atoms with Crippen LogP contribution in [0.4, 0.5) is 5.69 Å². The molecule has 1 aromatic carbocycles. The van der Waals surface area contributed by atoms with Crippen molar-refractivity contribution in [3.05, 3.63) is 29.3 Å². The molecule has 18 heavy (non-hydrogen) atoms. The molecule has 3 rings (SSSR count). The fourth-order valence-electron chi connectivity index (χ4n) is 2.77. The van der Waals surface area contributed by atoms with Gasteiger partial charge in [-0.05, 0) is 36.5 Å². The Bertz CT molecular complexity index is 467. The van der Waals surface area contributed by atoms with E-state index < -0.39 is 0 Å². The maximum Gasteiger partial charge on any atom is 0.252 e. The fourth-order valence-corrected chi connectivity index (χ4v) is 2.77. The van der Waals surface area contributed by atoms with Crippen molar-refractivity contribution in [1.29, 1.82) is 0 Å². The van der Waals surface area contributed by atoms with Crippen molar-refractivity contribution < 1.29 is 9.53 Å². The first-order chi connectivity index (χ1) is 8.75. The highest BCUT2D eigenvalue weighted by molar-refractivity contribution is 5.81. The first kappa shape index (κ1) is 11.5. The molecule has 2 N–H and O–H groups in total. The number of benzene rings is 1. The van der Waals surface area contributed by atoms with Gasteiger partial charge in [0.05, 0.1) is 0 Å². The van der Waals surface area contributed by atoms with Gasteiger partial charge in [0.1, 0.15) is 6.10 Å². The molecule has 1 fully saturated rings. The van der Waals surface area contributed by atoms with Crippen LogP contribution < -0.4 is 5.73 Å². The monoisotopic (exact) mass is 246 g/mol. The van der Waals surface area contributed by atoms with Gasteiger partial charge in [-0.3, -0.25) is 4.79 Å². The van der Waals surface area contributed by atoms with E-state index in [1.54, 1.807) is 0 Å². The van der Waals surface area contributed by atoms with Crippen molar-refractivity contribution >= 4 is 11.6 Å². The van der Waals surface area contributed by atoms with Crippen molar-refractivity contribution in [3.63, 3.8) is 0 Å². The van der Waals surface area contributed by atoms with Crippen LogP contribution in [0.1, 0.15) is 24.0 Å². The van der Waals surface area contributed by atoms with Gasteiger partial charge in [0.25, 0.3) is 5.91 Å². The molecule has 1 aromatic rings. The van der Waals surface area contributed by atoms with Gasteiger partial charge >= 0.3 is 0 Å². The van der Waals surface area contributed by atoms with Crippen LogP contribution in [0.2, 0.25) is 0 Å². The first-order valence-electron chi connectivity index (χ1n) is 6.52. The summed E-state index contributed by atoms with van der Waals surface area (Å²) in [5.41, 5.74) is 9.15. The van der Waals surface area contributed by atoms with E-state index in [-0.39, 0.29) is 12.0 Å². The molecule has 4 heteroatoms. The zero-order chi connectivity index (χ0) is 12.5. The van der Waals surface area contributed by atoms with E-state index >= 15 is 0 Å².